The molecule has 1 atom stereocenters. The Labute approximate surface area is 108 Å². The zero-order chi connectivity index (χ0) is 14.3. The van der Waals surface area contributed by atoms with Crippen LogP contribution in [0.2, 0.25) is 0 Å². The van der Waals surface area contributed by atoms with E-state index in [4.69, 9.17) is 5.11 Å². The van der Waals surface area contributed by atoms with Gasteiger partial charge in [-0.05, 0) is 5.56 Å². The van der Waals surface area contributed by atoms with Gasteiger partial charge in [0.15, 0.2) is 0 Å². The van der Waals surface area contributed by atoms with E-state index in [0.29, 0.717) is 0 Å². The molecule has 0 heterocycles. The Kier molecular flexibility index (Phi) is 5.72. The highest BCUT2D eigenvalue weighted by atomic mass is 19.3. The summed E-state index contributed by atoms with van der Waals surface area (Å²) in [6.07, 6.45) is -2.60. The topological polar surface area (TPSA) is 78.4 Å². The summed E-state index contributed by atoms with van der Waals surface area (Å²) >= 11 is 0. The van der Waals surface area contributed by atoms with Crippen LogP contribution in [0.15, 0.2) is 30.3 Å². The summed E-state index contributed by atoms with van der Waals surface area (Å²) < 4.78 is 23.8. The maximum atomic E-state index is 11.9. The lowest BCUT2D eigenvalue weighted by molar-refractivity contribution is -0.139. The highest BCUT2D eigenvalue weighted by molar-refractivity contribution is 5.82. The molecule has 0 bridgehead atoms. The standard InChI is InChI=1S/C12H14F2N2O3/c13-10(14)7-15-12(19)16-9(11(17)18)6-8-4-2-1-3-5-8/h1-5,9-10H,6-7H2,(H,17,18)(H2,15,16,19). The number of urea groups is 1. The fraction of sp³-hybridized carbons (Fsp3) is 0.333. The van der Waals surface area contributed by atoms with E-state index in [0.717, 1.165) is 5.56 Å². The molecule has 0 aliphatic carbocycles. The minimum Gasteiger partial charge on any atom is -0.480 e. The molecule has 0 aromatic heterocycles. The first kappa shape index (κ1) is 14.9. The summed E-state index contributed by atoms with van der Waals surface area (Å²) in [5, 5.41) is 13.0. The Morgan fingerprint density at radius 3 is 2.37 bits per heavy atom. The monoisotopic (exact) mass is 272 g/mol. The molecule has 0 radical (unpaired) electrons. The van der Waals surface area contributed by atoms with Crippen molar-refractivity contribution in [3.63, 3.8) is 0 Å². The molecule has 1 aromatic rings. The predicted molar refractivity (Wildman–Crippen MR) is 64.1 cm³/mol. The smallest absolute Gasteiger partial charge is 0.326 e. The Hall–Kier alpha value is -2.18. The number of carbonyl (C=O) groups excluding carboxylic acids is 1. The van der Waals surface area contributed by atoms with E-state index in [2.05, 4.69) is 5.32 Å². The van der Waals surface area contributed by atoms with Crippen LogP contribution < -0.4 is 10.6 Å². The van der Waals surface area contributed by atoms with Gasteiger partial charge in [0.05, 0.1) is 6.54 Å². The minimum absolute atomic E-state index is 0.0816. The van der Waals surface area contributed by atoms with Crippen LogP contribution in [0.1, 0.15) is 5.56 Å². The van der Waals surface area contributed by atoms with Crippen molar-refractivity contribution in [2.45, 2.75) is 18.9 Å². The molecule has 7 heteroatoms. The number of alkyl halides is 2. The number of rotatable bonds is 6. The minimum atomic E-state index is -2.68. The van der Waals surface area contributed by atoms with Crippen LogP contribution in [0.5, 0.6) is 0 Å². The summed E-state index contributed by atoms with van der Waals surface area (Å²) in [5.41, 5.74) is 0.726. The van der Waals surface area contributed by atoms with E-state index in [9.17, 15) is 18.4 Å². The SMILES string of the molecule is O=C(NCC(F)F)NC(Cc1ccccc1)C(=O)O. The number of aliphatic carboxylic acids is 1. The highest BCUT2D eigenvalue weighted by Gasteiger charge is 2.20. The van der Waals surface area contributed by atoms with Gasteiger partial charge in [-0.1, -0.05) is 30.3 Å². The van der Waals surface area contributed by atoms with Gasteiger partial charge in [-0.3, -0.25) is 0 Å². The van der Waals surface area contributed by atoms with Gasteiger partial charge in [0.1, 0.15) is 6.04 Å². The Morgan fingerprint density at radius 2 is 1.84 bits per heavy atom. The van der Waals surface area contributed by atoms with Gasteiger partial charge in [-0.15, -0.1) is 0 Å². The van der Waals surface area contributed by atoms with Crippen LogP contribution in [-0.4, -0.2) is 36.1 Å². The third kappa shape index (κ3) is 5.80. The molecule has 0 aliphatic rings. The first-order chi connectivity index (χ1) is 8.99. The van der Waals surface area contributed by atoms with E-state index in [1.165, 1.54) is 0 Å². The molecule has 0 spiro atoms. The molecule has 0 saturated heterocycles. The summed E-state index contributed by atoms with van der Waals surface area (Å²) in [6.45, 7) is -0.816. The summed E-state index contributed by atoms with van der Waals surface area (Å²) in [6, 6.07) is 6.60. The predicted octanol–water partition coefficient (Wildman–Crippen LogP) is 1.25. The van der Waals surface area contributed by atoms with Gasteiger partial charge < -0.3 is 15.7 Å². The fourth-order valence-electron chi connectivity index (χ4n) is 1.43. The van der Waals surface area contributed by atoms with E-state index in [1.54, 1.807) is 30.3 Å². The number of hydrogen-bond donors (Lipinski definition) is 3. The van der Waals surface area contributed by atoms with Crippen molar-refractivity contribution in [2.75, 3.05) is 6.54 Å². The molecule has 1 unspecified atom stereocenters. The molecule has 19 heavy (non-hydrogen) atoms. The Balaban J connectivity index is 2.54. The molecular weight excluding hydrogens is 258 g/mol. The number of carboxylic acid groups (broad SMARTS) is 1. The molecule has 3 N–H and O–H groups in total. The normalized spacial score (nSPS) is 11.9. The highest BCUT2D eigenvalue weighted by Crippen LogP contribution is 2.03. The second-order valence-electron chi connectivity index (χ2n) is 3.83. The van der Waals surface area contributed by atoms with Crippen molar-refractivity contribution < 1.29 is 23.5 Å². The average Bonchev–Trinajstić information content (AvgIpc) is 2.36. The first-order valence-electron chi connectivity index (χ1n) is 5.58. The Morgan fingerprint density at radius 1 is 1.21 bits per heavy atom. The largest absolute Gasteiger partial charge is 0.480 e. The van der Waals surface area contributed by atoms with Gasteiger partial charge in [0, 0.05) is 6.42 Å². The van der Waals surface area contributed by atoms with Gasteiger partial charge in [0.25, 0.3) is 6.43 Å². The van der Waals surface area contributed by atoms with Gasteiger partial charge in [0.2, 0.25) is 0 Å². The molecule has 5 nitrogen and oxygen atoms in total. The molecule has 0 saturated carbocycles. The van der Waals surface area contributed by atoms with Crippen LogP contribution >= 0.6 is 0 Å². The third-order valence-electron chi connectivity index (χ3n) is 2.30. The lowest BCUT2D eigenvalue weighted by atomic mass is 10.1. The van der Waals surface area contributed by atoms with E-state index >= 15 is 0 Å². The van der Waals surface area contributed by atoms with Crippen molar-refractivity contribution in [1.82, 2.24) is 10.6 Å². The van der Waals surface area contributed by atoms with Crippen LogP contribution in [0.4, 0.5) is 13.6 Å². The zero-order valence-electron chi connectivity index (χ0n) is 9.98. The lowest BCUT2D eigenvalue weighted by Crippen LogP contribution is -2.48. The second-order valence-corrected chi connectivity index (χ2v) is 3.83. The van der Waals surface area contributed by atoms with Crippen molar-refractivity contribution in [3.8, 4) is 0 Å². The number of hydrogen-bond acceptors (Lipinski definition) is 2. The van der Waals surface area contributed by atoms with Crippen molar-refractivity contribution in [2.24, 2.45) is 0 Å². The number of carbonyl (C=O) groups is 2. The maximum Gasteiger partial charge on any atom is 0.326 e. The molecule has 0 fully saturated rings. The zero-order valence-corrected chi connectivity index (χ0v) is 9.98. The van der Waals surface area contributed by atoms with Gasteiger partial charge in [-0.25, -0.2) is 18.4 Å². The quantitative estimate of drug-likeness (QED) is 0.729. The molecule has 1 aromatic carbocycles. The maximum absolute atomic E-state index is 11.9. The molecule has 1 rings (SSSR count). The average molecular weight is 272 g/mol. The van der Waals surface area contributed by atoms with Crippen molar-refractivity contribution >= 4 is 12.0 Å². The number of nitrogens with one attached hydrogen (secondary N) is 2. The molecule has 104 valence electrons. The van der Waals surface area contributed by atoms with Crippen LogP contribution in [-0.2, 0) is 11.2 Å². The van der Waals surface area contributed by atoms with Crippen LogP contribution in [0.25, 0.3) is 0 Å². The lowest BCUT2D eigenvalue weighted by Gasteiger charge is -2.15. The summed E-state index contributed by atoms with van der Waals surface area (Å²) in [7, 11) is 0. The van der Waals surface area contributed by atoms with Gasteiger partial charge >= 0.3 is 12.0 Å². The molecular formula is C12H14F2N2O3. The number of carboxylic acids is 1. The summed E-state index contributed by atoms with van der Waals surface area (Å²) in [4.78, 5) is 22.2. The fourth-order valence-corrected chi connectivity index (χ4v) is 1.43. The van der Waals surface area contributed by atoms with Crippen molar-refractivity contribution in [1.29, 1.82) is 0 Å². The first-order valence-corrected chi connectivity index (χ1v) is 5.58. The number of amides is 2. The second kappa shape index (κ2) is 7.30. The Bertz CT molecular complexity index is 426. The molecule has 0 aliphatic heterocycles. The number of benzene rings is 1. The molecule has 2 amide bonds. The van der Waals surface area contributed by atoms with Crippen molar-refractivity contribution in [3.05, 3.63) is 35.9 Å². The number of halogens is 2. The van der Waals surface area contributed by atoms with E-state index in [1.807, 2.05) is 5.32 Å². The van der Waals surface area contributed by atoms with Crippen LogP contribution in [0, 0.1) is 0 Å². The van der Waals surface area contributed by atoms with E-state index < -0.39 is 31.0 Å². The summed E-state index contributed by atoms with van der Waals surface area (Å²) in [5.74, 6) is -1.23. The van der Waals surface area contributed by atoms with E-state index in [-0.39, 0.29) is 6.42 Å². The van der Waals surface area contributed by atoms with Gasteiger partial charge in [-0.2, -0.15) is 0 Å². The van der Waals surface area contributed by atoms with Crippen LogP contribution in [0.3, 0.4) is 0 Å². The third-order valence-corrected chi connectivity index (χ3v) is 2.30.